The molecule has 2 aromatic carbocycles. The number of pyridine rings is 1. The van der Waals surface area contributed by atoms with Gasteiger partial charge in [0.05, 0.1) is 11.2 Å². The van der Waals surface area contributed by atoms with Gasteiger partial charge in [-0.2, -0.15) is 0 Å². The maximum absolute atomic E-state index is 6.32. The van der Waals surface area contributed by atoms with Crippen LogP contribution in [0.1, 0.15) is 0 Å². The Morgan fingerprint density at radius 1 is 1.10 bits per heavy atom. The van der Waals surface area contributed by atoms with Gasteiger partial charge in [-0.05, 0) is 30.0 Å². The van der Waals surface area contributed by atoms with Gasteiger partial charge < -0.3 is 5.73 Å². The van der Waals surface area contributed by atoms with E-state index in [1.54, 1.807) is 11.8 Å². The van der Waals surface area contributed by atoms with Crippen molar-refractivity contribution >= 4 is 40.0 Å². The Bertz CT molecular complexity index is 772. The Morgan fingerprint density at radius 3 is 2.55 bits per heavy atom. The van der Waals surface area contributed by atoms with E-state index in [0.717, 1.165) is 27.1 Å². The summed E-state index contributed by atoms with van der Waals surface area (Å²) in [4.78, 5) is 4.60. The molecule has 100 valence electrons. The molecule has 0 aliphatic carbocycles. The first-order valence-electron chi connectivity index (χ1n) is 6.19. The highest BCUT2D eigenvalue weighted by molar-refractivity contribution is 7.98. The fourth-order valence-corrected chi connectivity index (χ4v) is 2.98. The van der Waals surface area contributed by atoms with E-state index in [9.17, 15) is 0 Å². The average molecular weight is 301 g/mol. The van der Waals surface area contributed by atoms with Crippen molar-refractivity contribution in [3.8, 4) is 11.1 Å². The van der Waals surface area contributed by atoms with Gasteiger partial charge in [-0.3, -0.25) is 0 Å². The van der Waals surface area contributed by atoms with E-state index in [2.05, 4.69) is 17.1 Å². The lowest BCUT2D eigenvalue weighted by molar-refractivity contribution is 1.20. The minimum Gasteiger partial charge on any atom is -0.396 e. The summed E-state index contributed by atoms with van der Waals surface area (Å²) in [5.74, 6) is 0. The molecule has 0 fully saturated rings. The molecule has 2 N–H and O–H groups in total. The van der Waals surface area contributed by atoms with E-state index in [1.807, 2.05) is 42.7 Å². The Kier molecular flexibility index (Phi) is 3.55. The summed E-state index contributed by atoms with van der Waals surface area (Å²) < 4.78 is 0. The molecule has 2 nitrogen and oxygen atoms in total. The molecule has 1 aromatic heterocycles. The largest absolute Gasteiger partial charge is 0.396 e. The van der Waals surface area contributed by atoms with E-state index in [0.29, 0.717) is 10.7 Å². The minimum absolute atomic E-state index is 0.688. The maximum Gasteiger partial charge on any atom is 0.120 e. The van der Waals surface area contributed by atoms with Gasteiger partial charge in [-0.15, -0.1) is 11.8 Å². The molecule has 20 heavy (non-hydrogen) atoms. The second-order valence-electron chi connectivity index (χ2n) is 4.44. The summed E-state index contributed by atoms with van der Waals surface area (Å²) in [7, 11) is 0. The van der Waals surface area contributed by atoms with Crippen LogP contribution in [0.25, 0.3) is 22.0 Å². The normalized spacial score (nSPS) is 10.9. The van der Waals surface area contributed by atoms with E-state index >= 15 is 0 Å². The van der Waals surface area contributed by atoms with E-state index in [1.165, 1.54) is 0 Å². The zero-order valence-electron chi connectivity index (χ0n) is 10.9. The SMILES string of the molecule is CSc1nc2ccc(Cl)cc2c(-c2ccccc2)c1N. The molecule has 0 bridgehead atoms. The number of nitrogen functional groups attached to an aromatic ring is 1. The molecule has 0 aliphatic heterocycles. The lowest BCUT2D eigenvalue weighted by Crippen LogP contribution is -1.97. The summed E-state index contributed by atoms with van der Waals surface area (Å²) in [6, 6.07) is 15.8. The lowest BCUT2D eigenvalue weighted by atomic mass is 10.00. The summed E-state index contributed by atoms with van der Waals surface area (Å²) in [5.41, 5.74) is 10.0. The van der Waals surface area contributed by atoms with Gasteiger partial charge >= 0.3 is 0 Å². The number of thioether (sulfide) groups is 1. The Labute approximate surface area is 127 Å². The van der Waals surface area contributed by atoms with E-state index < -0.39 is 0 Å². The van der Waals surface area contributed by atoms with Crippen LogP contribution in [0.3, 0.4) is 0 Å². The Balaban J connectivity index is 2.43. The van der Waals surface area contributed by atoms with Crippen molar-refractivity contribution in [3.63, 3.8) is 0 Å². The number of halogens is 1. The molecule has 0 atom stereocenters. The topological polar surface area (TPSA) is 38.9 Å². The number of fused-ring (bicyclic) bond motifs is 1. The summed E-state index contributed by atoms with van der Waals surface area (Å²) >= 11 is 7.68. The van der Waals surface area contributed by atoms with Crippen LogP contribution in [-0.4, -0.2) is 11.2 Å². The molecular formula is C16H13ClN2S. The maximum atomic E-state index is 6.32. The molecule has 0 amide bonds. The summed E-state index contributed by atoms with van der Waals surface area (Å²) in [6.45, 7) is 0. The molecule has 0 saturated heterocycles. The number of nitrogens with two attached hydrogens (primary N) is 1. The van der Waals surface area contributed by atoms with Gasteiger partial charge in [-0.1, -0.05) is 41.9 Å². The molecule has 0 saturated carbocycles. The second-order valence-corrected chi connectivity index (χ2v) is 5.67. The number of hydrogen-bond acceptors (Lipinski definition) is 3. The quantitative estimate of drug-likeness (QED) is 0.687. The van der Waals surface area contributed by atoms with Crippen molar-refractivity contribution in [1.82, 2.24) is 4.98 Å². The van der Waals surface area contributed by atoms with Crippen LogP contribution < -0.4 is 5.73 Å². The van der Waals surface area contributed by atoms with Gasteiger partial charge in [0.15, 0.2) is 0 Å². The van der Waals surface area contributed by atoms with Crippen LogP contribution in [0.4, 0.5) is 5.69 Å². The van der Waals surface area contributed by atoms with Crippen LogP contribution in [0.15, 0.2) is 53.6 Å². The molecule has 0 spiro atoms. The van der Waals surface area contributed by atoms with Crippen LogP contribution >= 0.6 is 23.4 Å². The van der Waals surface area contributed by atoms with Crippen LogP contribution in [-0.2, 0) is 0 Å². The Hall–Kier alpha value is -1.71. The standard InChI is InChI=1S/C16H13ClN2S/c1-20-16-15(18)14(10-5-3-2-4-6-10)12-9-11(17)7-8-13(12)19-16/h2-9H,18H2,1H3. The third-order valence-electron chi connectivity index (χ3n) is 3.21. The average Bonchev–Trinajstić information content (AvgIpc) is 2.47. The van der Waals surface area contributed by atoms with Crippen LogP contribution in [0.2, 0.25) is 5.02 Å². The van der Waals surface area contributed by atoms with Gasteiger partial charge in [0.2, 0.25) is 0 Å². The highest BCUT2D eigenvalue weighted by Gasteiger charge is 2.14. The molecule has 0 radical (unpaired) electrons. The molecule has 4 heteroatoms. The van der Waals surface area contributed by atoms with Crippen molar-refractivity contribution in [2.45, 2.75) is 5.03 Å². The fourth-order valence-electron chi connectivity index (χ4n) is 2.30. The zero-order chi connectivity index (χ0) is 14.1. The number of rotatable bonds is 2. The molecule has 3 rings (SSSR count). The highest BCUT2D eigenvalue weighted by atomic mass is 35.5. The predicted molar refractivity (Wildman–Crippen MR) is 88.4 cm³/mol. The first-order valence-corrected chi connectivity index (χ1v) is 7.79. The van der Waals surface area contributed by atoms with Crippen molar-refractivity contribution in [3.05, 3.63) is 53.6 Å². The number of anilines is 1. The summed E-state index contributed by atoms with van der Waals surface area (Å²) in [5, 5.41) is 2.52. The van der Waals surface area contributed by atoms with Crippen molar-refractivity contribution in [1.29, 1.82) is 0 Å². The fraction of sp³-hybridized carbons (Fsp3) is 0.0625. The van der Waals surface area contributed by atoms with E-state index in [-0.39, 0.29) is 0 Å². The summed E-state index contributed by atoms with van der Waals surface area (Å²) in [6.07, 6.45) is 1.98. The predicted octanol–water partition coefficient (Wildman–Crippen LogP) is 4.86. The number of benzene rings is 2. The third-order valence-corrected chi connectivity index (χ3v) is 4.14. The molecule has 0 unspecified atom stereocenters. The molecule has 1 heterocycles. The smallest absolute Gasteiger partial charge is 0.120 e. The van der Waals surface area contributed by atoms with Gasteiger partial charge in [0.1, 0.15) is 5.03 Å². The first kappa shape index (κ1) is 13.3. The molecule has 3 aromatic rings. The van der Waals surface area contributed by atoms with Crippen molar-refractivity contribution in [2.24, 2.45) is 0 Å². The zero-order valence-corrected chi connectivity index (χ0v) is 12.5. The van der Waals surface area contributed by atoms with Crippen LogP contribution in [0, 0.1) is 0 Å². The molecule has 0 aliphatic rings. The van der Waals surface area contributed by atoms with Gasteiger partial charge in [0, 0.05) is 16.0 Å². The Morgan fingerprint density at radius 2 is 1.85 bits per heavy atom. The highest BCUT2D eigenvalue weighted by Crippen LogP contribution is 2.38. The molecular weight excluding hydrogens is 288 g/mol. The van der Waals surface area contributed by atoms with Gasteiger partial charge in [-0.25, -0.2) is 4.98 Å². The number of nitrogens with zero attached hydrogens (tertiary/aromatic N) is 1. The van der Waals surface area contributed by atoms with Crippen molar-refractivity contribution < 1.29 is 0 Å². The van der Waals surface area contributed by atoms with Gasteiger partial charge in [0.25, 0.3) is 0 Å². The second kappa shape index (κ2) is 5.35. The first-order chi connectivity index (χ1) is 9.70. The van der Waals surface area contributed by atoms with Crippen LogP contribution in [0.5, 0.6) is 0 Å². The van der Waals surface area contributed by atoms with Crippen molar-refractivity contribution in [2.75, 3.05) is 12.0 Å². The minimum atomic E-state index is 0.688. The third kappa shape index (κ3) is 2.23. The van der Waals surface area contributed by atoms with E-state index in [4.69, 9.17) is 17.3 Å². The monoisotopic (exact) mass is 300 g/mol. The number of aromatic nitrogens is 1. The lowest BCUT2D eigenvalue weighted by Gasteiger charge is -2.13. The number of hydrogen-bond donors (Lipinski definition) is 1.